The average molecular weight is 573 g/mol. The fraction of sp³-hybridized carbons (Fsp3) is 0.188. The van der Waals surface area contributed by atoms with E-state index in [2.05, 4.69) is 44.8 Å². The third-order valence-corrected chi connectivity index (χ3v) is 7.50. The van der Waals surface area contributed by atoms with Gasteiger partial charge >= 0.3 is 0 Å². The van der Waals surface area contributed by atoms with Crippen LogP contribution in [0, 0.1) is 34.0 Å². The minimum atomic E-state index is -1.55. The molecular weight excluding hydrogens is 546 g/mol. The number of hydrazine groups is 2. The van der Waals surface area contributed by atoms with Gasteiger partial charge in [-0.3, -0.25) is 9.99 Å². The Balaban J connectivity index is 1.46. The molecule has 9 nitrogen and oxygen atoms in total. The van der Waals surface area contributed by atoms with Crippen molar-refractivity contribution in [3.8, 4) is 18.2 Å². The van der Waals surface area contributed by atoms with Crippen LogP contribution in [0.25, 0.3) is 10.9 Å². The standard InChI is InChI=1S/C32H26ClN9/c33-27-15-24(38-31(22-8-4-5-20(13-22)16-35)29-19-42(41-40-29)25-9-10-25)14-26-30(23(17-36)18-37-32(26)27)39-28(11-12-34)21-6-2-1-3-7-21/h1-8,13-15,18-19,25,28,31,38,40-41H,9-11H2,(H,37,39)/t28-,31-/m1/s1/i31D. The van der Waals surface area contributed by atoms with Gasteiger partial charge in [-0.1, -0.05) is 54.1 Å². The van der Waals surface area contributed by atoms with E-state index in [0.29, 0.717) is 55.7 Å². The van der Waals surface area contributed by atoms with Crippen LogP contribution in [-0.4, -0.2) is 16.0 Å². The highest BCUT2D eigenvalue weighted by Crippen LogP contribution is 2.38. The molecule has 2 heterocycles. The molecule has 1 saturated carbocycles. The number of aromatic nitrogens is 1. The van der Waals surface area contributed by atoms with Crippen LogP contribution in [0.3, 0.4) is 0 Å². The highest BCUT2D eigenvalue weighted by atomic mass is 35.5. The first-order valence-electron chi connectivity index (χ1n) is 14.0. The first-order chi connectivity index (χ1) is 20.9. The molecule has 206 valence electrons. The Morgan fingerprint density at radius 1 is 1.02 bits per heavy atom. The lowest BCUT2D eigenvalue weighted by Gasteiger charge is -2.23. The van der Waals surface area contributed by atoms with Crippen LogP contribution in [0.1, 0.15) is 54.9 Å². The van der Waals surface area contributed by atoms with Gasteiger partial charge in [0.2, 0.25) is 0 Å². The SMILES string of the molecule is [2H][C@](Nc1cc(Cl)c2ncc(C#N)c(N[C@H](CC#N)c3ccccc3)c2c1)(C1=CN(C2CC2)NN1)c1cccc(C#N)c1. The fourth-order valence-corrected chi connectivity index (χ4v) is 5.23. The third-order valence-electron chi connectivity index (χ3n) is 7.21. The van der Waals surface area contributed by atoms with Crippen molar-refractivity contribution in [2.45, 2.75) is 37.4 Å². The van der Waals surface area contributed by atoms with Gasteiger partial charge in [0.25, 0.3) is 0 Å². The number of hydrogen-bond donors (Lipinski definition) is 4. The molecule has 3 aromatic carbocycles. The normalized spacial score (nSPS) is 16.6. The molecule has 0 radical (unpaired) electrons. The minimum Gasteiger partial charge on any atom is -0.376 e. The van der Waals surface area contributed by atoms with Crippen molar-refractivity contribution in [2.75, 3.05) is 10.6 Å². The zero-order valence-electron chi connectivity index (χ0n) is 23.4. The zero-order valence-corrected chi connectivity index (χ0v) is 23.2. The zero-order chi connectivity index (χ0) is 30.0. The second-order valence-corrected chi connectivity index (χ2v) is 10.5. The van der Waals surface area contributed by atoms with Crippen molar-refractivity contribution in [1.82, 2.24) is 21.0 Å². The van der Waals surface area contributed by atoms with Crippen molar-refractivity contribution < 1.29 is 1.37 Å². The van der Waals surface area contributed by atoms with Crippen LogP contribution in [0.15, 0.2) is 84.8 Å². The summed E-state index contributed by atoms with van der Waals surface area (Å²) in [6.07, 6.45) is 5.61. The van der Waals surface area contributed by atoms with E-state index in [4.69, 9.17) is 11.6 Å². The summed E-state index contributed by atoms with van der Waals surface area (Å²) in [5.41, 5.74) is 10.4. The molecule has 2 aliphatic rings. The molecule has 1 fully saturated rings. The number of benzene rings is 3. The number of nitrogens with one attached hydrogen (secondary N) is 4. The highest BCUT2D eigenvalue weighted by molar-refractivity contribution is 6.35. The quantitative estimate of drug-likeness (QED) is 0.185. The molecule has 4 aromatic rings. The first-order valence-corrected chi connectivity index (χ1v) is 13.8. The summed E-state index contributed by atoms with van der Waals surface area (Å²) in [6, 6.07) is 25.0. The number of anilines is 2. The van der Waals surface area contributed by atoms with E-state index in [1.807, 2.05) is 41.5 Å². The minimum absolute atomic E-state index is 0.166. The van der Waals surface area contributed by atoms with Gasteiger partial charge in [-0.15, -0.1) is 5.53 Å². The van der Waals surface area contributed by atoms with Crippen LogP contribution in [0.4, 0.5) is 11.4 Å². The van der Waals surface area contributed by atoms with Crippen LogP contribution >= 0.6 is 11.6 Å². The van der Waals surface area contributed by atoms with E-state index in [0.717, 1.165) is 18.4 Å². The lowest BCUT2D eigenvalue weighted by molar-refractivity contribution is 0.260. The van der Waals surface area contributed by atoms with E-state index in [-0.39, 0.29) is 6.42 Å². The summed E-state index contributed by atoms with van der Waals surface area (Å²) in [7, 11) is 0. The topological polar surface area (TPSA) is 136 Å². The van der Waals surface area contributed by atoms with Gasteiger partial charge in [-0.25, -0.2) is 0 Å². The molecule has 1 aromatic heterocycles. The first kappa shape index (κ1) is 25.7. The molecule has 0 amide bonds. The Hall–Kier alpha value is -5.27. The molecular formula is C32H26ClN9. The molecule has 6 rings (SSSR count). The summed E-state index contributed by atoms with van der Waals surface area (Å²) < 4.78 is 9.73. The lowest BCUT2D eigenvalue weighted by Crippen LogP contribution is -2.38. The van der Waals surface area contributed by atoms with Gasteiger partial charge in [0.1, 0.15) is 6.07 Å². The van der Waals surface area contributed by atoms with Gasteiger partial charge in [0, 0.05) is 29.5 Å². The fourth-order valence-electron chi connectivity index (χ4n) is 4.96. The third kappa shape index (κ3) is 5.50. The number of hydrogen-bond acceptors (Lipinski definition) is 9. The van der Waals surface area contributed by atoms with Crippen molar-refractivity contribution in [2.24, 2.45) is 0 Å². The number of nitrogens with zero attached hydrogens (tertiary/aromatic N) is 5. The second-order valence-electron chi connectivity index (χ2n) is 10.1. The molecule has 0 unspecified atom stereocenters. The number of halogens is 1. The van der Waals surface area contributed by atoms with Crippen molar-refractivity contribution in [3.05, 3.63) is 112 Å². The lowest BCUT2D eigenvalue weighted by atomic mass is 10.0. The van der Waals surface area contributed by atoms with Crippen molar-refractivity contribution in [1.29, 1.82) is 15.8 Å². The predicted octanol–water partition coefficient (Wildman–Crippen LogP) is 6.18. The monoisotopic (exact) mass is 572 g/mol. The summed E-state index contributed by atoms with van der Waals surface area (Å²) in [5, 5.41) is 38.7. The van der Waals surface area contributed by atoms with E-state index >= 15 is 0 Å². The molecule has 2 atom stereocenters. The van der Waals surface area contributed by atoms with E-state index < -0.39 is 12.1 Å². The Morgan fingerprint density at radius 2 is 1.83 bits per heavy atom. The Kier molecular flexibility index (Phi) is 7.15. The smallest absolute Gasteiger partial charge is 0.103 e. The van der Waals surface area contributed by atoms with Gasteiger partial charge in [0.15, 0.2) is 0 Å². The summed E-state index contributed by atoms with van der Waals surface area (Å²) in [4.78, 5) is 4.46. The predicted molar refractivity (Wildman–Crippen MR) is 161 cm³/mol. The maximum absolute atomic E-state index is 10.0. The van der Waals surface area contributed by atoms with Gasteiger partial charge in [-0.2, -0.15) is 15.8 Å². The molecule has 0 bridgehead atoms. The molecule has 1 aliphatic carbocycles. The highest BCUT2D eigenvalue weighted by Gasteiger charge is 2.32. The Bertz CT molecular complexity index is 1850. The van der Waals surface area contributed by atoms with E-state index in [1.54, 1.807) is 36.4 Å². The molecule has 0 saturated heterocycles. The Labute approximate surface area is 250 Å². The number of rotatable bonds is 9. The number of pyridine rings is 1. The van der Waals surface area contributed by atoms with Crippen molar-refractivity contribution >= 4 is 33.9 Å². The van der Waals surface area contributed by atoms with Crippen LogP contribution in [-0.2, 0) is 0 Å². The molecule has 0 spiro atoms. The van der Waals surface area contributed by atoms with Gasteiger partial charge < -0.3 is 16.1 Å². The molecule has 10 heteroatoms. The van der Waals surface area contributed by atoms with E-state index in [1.165, 1.54) is 6.20 Å². The second kappa shape index (κ2) is 11.7. The van der Waals surface area contributed by atoms with Gasteiger partial charge in [0.05, 0.1) is 65.0 Å². The number of nitriles is 3. The molecule has 4 N–H and O–H groups in total. The molecule has 42 heavy (non-hydrogen) atoms. The van der Waals surface area contributed by atoms with Crippen LogP contribution in [0.2, 0.25) is 5.02 Å². The van der Waals surface area contributed by atoms with Crippen LogP contribution < -0.4 is 21.6 Å². The maximum Gasteiger partial charge on any atom is 0.103 e. The van der Waals surface area contributed by atoms with Crippen molar-refractivity contribution in [3.63, 3.8) is 0 Å². The van der Waals surface area contributed by atoms with E-state index in [9.17, 15) is 17.2 Å². The van der Waals surface area contributed by atoms with Gasteiger partial charge in [-0.05, 0) is 48.2 Å². The molecule has 1 aliphatic heterocycles. The number of fused-ring (bicyclic) bond motifs is 1. The summed E-state index contributed by atoms with van der Waals surface area (Å²) in [5.74, 6) is 0. The Morgan fingerprint density at radius 3 is 2.57 bits per heavy atom. The summed E-state index contributed by atoms with van der Waals surface area (Å²) in [6.45, 7) is 0. The average Bonchev–Trinajstić information content (AvgIpc) is 3.76. The maximum atomic E-state index is 10.0. The summed E-state index contributed by atoms with van der Waals surface area (Å²) >= 11 is 6.78. The van der Waals surface area contributed by atoms with Crippen LogP contribution in [0.5, 0.6) is 0 Å². The largest absolute Gasteiger partial charge is 0.376 e.